The van der Waals surface area contributed by atoms with Gasteiger partial charge in [0.15, 0.2) is 5.69 Å². The van der Waals surface area contributed by atoms with E-state index in [1.54, 1.807) is 4.90 Å². The first-order valence-corrected chi connectivity index (χ1v) is 8.23. The Morgan fingerprint density at radius 1 is 1.45 bits per heavy atom. The Kier molecular flexibility index (Phi) is 5.40. The van der Waals surface area contributed by atoms with Gasteiger partial charge in [-0.1, -0.05) is 32.4 Å². The van der Waals surface area contributed by atoms with E-state index < -0.39 is 0 Å². The predicted molar refractivity (Wildman–Crippen MR) is 86.1 cm³/mol. The van der Waals surface area contributed by atoms with Crippen molar-refractivity contribution in [3.63, 3.8) is 0 Å². The SMILES string of the molecule is CCC1(CO)CCN(C(=O)c2nc(C(C)C)ncc2Cl)CC1. The van der Waals surface area contributed by atoms with Gasteiger partial charge in [0, 0.05) is 25.6 Å². The second-order valence-corrected chi connectivity index (χ2v) is 6.79. The number of rotatable bonds is 4. The fraction of sp³-hybridized carbons (Fsp3) is 0.688. The minimum absolute atomic E-state index is 0.0463. The number of carbonyl (C=O) groups excluding carboxylic acids is 1. The number of piperidine rings is 1. The van der Waals surface area contributed by atoms with Gasteiger partial charge in [-0.2, -0.15) is 0 Å². The van der Waals surface area contributed by atoms with E-state index in [-0.39, 0.29) is 29.5 Å². The number of aliphatic hydroxyl groups is 1. The smallest absolute Gasteiger partial charge is 0.274 e. The number of hydrogen-bond donors (Lipinski definition) is 1. The van der Waals surface area contributed by atoms with Gasteiger partial charge in [0.1, 0.15) is 5.82 Å². The third-order valence-corrected chi connectivity index (χ3v) is 4.96. The van der Waals surface area contributed by atoms with Crippen molar-refractivity contribution in [2.75, 3.05) is 19.7 Å². The standard InChI is InChI=1S/C16H24ClN3O2/c1-4-16(10-21)5-7-20(8-6-16)15(22)13-12(17)9-18-14(19-13)11(2)3/h9,11,21H,4-8,10H2,1-3H3. The molecule has 2 heterocycles. The summed E-state index contributed by atoms with van der Waals surface area (Å²) in [7, 11) is 0. The van der Waals surface area contributed by atoms with Crippen molar-refractivity contribution in [2.24, 2.45) is 5.41 Å². The van der Waals surface area contributed by atoms with Gasteiger partial charge in [0.25, 0.3) is 5.91 Å². The molecule has 0 aliphatic carbocycles. The molecule has 1 aliphatic heterocycles. The summed E-state index contributed by atoms with van der Waals surface area (Å²) in [5, 5.41) is 9.88. The number of carbonyl (C=O) groups is 1. The second kappa shape index (κ2) is 6.92. The number of aromatic nitrogens is 2. The zero-order valence-electron chi connectivity index (χ0n) is 13.5. The number of likely N-dealkylation sites (tertiary alicyclic amines) is 1. The number of amides is 1. The third-order valence-electron chi connectivity index (χ3n) is 4.68. The highest BCUT2D eigenvalue weighted by Crippen LogP contribution is 2.34. The average Bonchev–Trinajstić information content (AvgIpc) is 2.54. The lowest BCUT2D eigenvalue weighted by molar-refractivity contribution is 0.0334. The molecule has 122 valence electrons. The van der Waals surface area contributed by atoms with Crippen LogP contribution in [0.15, 0.2) is 6.20 Å². The molecular weight excluding hydrogens is 302 g/mol. The molecule has 0 bridgehead atoms. The van der Waals surface area contributed by atoms with Crippen LogP contribution in [0.4, 0.5) is 0 Å². The Labute approximate surface area is 136 Å². The second-order valence-electron chi connectivity index (χ2n) is 6.38. The normalized spacial score (nSPS) is 17.8. The van der Waals surface area contributed by atoms with Crippen molar-refractivity contribution in [1.29, 1.82) is 0 Å². The van der Waals surface area contributed by atoms with E-state index in [0.717, 1.165) is 19.3 Å². The maximum absolute atomic E-state index is 12.7. The lowest BCUT2D eigenvalue weighted by atomic mass is 9.77. The zero-order chi connectivity index (χ0) is 16.3. The molecule has 5 nitrogen and oxygen atoms in total. The summed E-state index contributed by atoms with van der Waals surface area (Å²) in [6.45, 7) is 7.49. The summed E-state index contributed by atoms with van der Waals surface area (Å²) in [5.74, 6) is 0.632. The van der Waals surface area contributed by atoms with Crippen LogP contribution in [0.2, 0.25) is 5.02 Å². The molecule has 0 saturated carbocycles. The molecule has 1 aromatic rings. The van der Waals surface area contributed by atoms with Gasteiger partial charge in [-0.15, -0.1) is 0 Å². The van der Waals surface area contributed by atoms with E-state index in [0.29, 0.717) is 23.9 Å². The van der Waals surface area contributed by atoms with Crippen molar-refractivity contribution in [3.8, 4) is 0 Å². The van der Waals surface area contributed by atoms with Gasteiger partial charge < -0.3 is 10.0 Å². The van der Waals surface area contributed by atoms with Crippen molar-refractivity contribution >= 4 is 17.5 Å². The van der Waals surface area contributed by atoms with Gasteiger partial charge >= 0.3 is 0 Å². The Morgan fingerprint density at radius 2 is 2.09 bits per heavy atom. The first kappa shape index (κ1) is 17.2. The van der Waals surface area contributed by atoms with Crippen LogP contribution >= 0.6 is 11.6 Å². The molecule has 1 amide bonds. The number of nitrogens with zero attached hydrogens (tertiary/aromatic N) is 3. The summed E-state index contributed by atoms with van der Waals surface area (Å²) < 4.78 is 0. The maximum atomic E-state index is 12.7. The maximum Gasteiger partial charge on any atom is 0.274 e. The van der Waals surface area contributed by atoms with Gasteiger partial charge in [-0.25, -0.2) is 9.97 Å². The molecule has 1 aliphatic rings. The first-order valence-electron chi connectivity index (χ1n) is 7.85. The third kappa shape index (κ3) is 3.41. The number of halogens is 1. The van der Waals surface area contributed by atoms with Crippen LogP contribution in [-0.4, -0.2) is 45.6 Å². The highest BCUT2D eigenvalue weighted by Gasteiger charge is 2.35. The van der Waals surface area contributed by atoms with E-state index >= 15 is 0 Å². The summed E-state index contributed by atoms with van der Waals surface area (Å²) >= 11 is 6.11. The van der Waals surface area contributed by atoms with Crippen LogP contribution in [0, 0.1) is 5.41 Å². The minimum atomic E-state index is -0.142. The number of aliphatic hydroxyl groups excluding tert-OH is 1. The molecule has 0 unspecified atom stereocenters. The summed E-state index contributed by atoms with van der Waals surface area (Å²) in [4.78, 5) is 23.0. The van der Waals surface area contributed by atoms with Crippen LogP contribution in [0.5, 0.6) is 0 Å². The molecule has 1 N–H and O–H groups in total. The van der Waals surface area contributed by atoms with Gasteiger partial charge in [0.05, 0.1) is 11.2 Å². The Hall–Kier alpha value is -1.20. The van der Waals surface area contributed by atoms with Crippen molar-refractivity contribution < 1.29 is 9.90 Å². The zero-order valence-corrected chi connectivity index (χ0v) is 14.2. The lowest BCUT2D eigenvalue weighted by Crippen LogP contribution is -2.44. The predicted octanol–water partition coefficient (Wildman–Crippen LogP) is 2.88. The van der Waals surface area contributed by atoms with E-state index in [9.17, 15) is 9.90 Å². The highest BCUT2D eigenvalue weighted by molar-refractivity contribution is 6.33. The largest absolute Gasteiger partial charge is 0.396 e. The molecule has 1 saturated heterocycles. The van der Waals surface area contributed by atoms with Crippen LogP contribution < -0.4 is 0 Å². The van der Waals surface area contributed by atoms with Crippen LogP contribution in [-0.2, 0) is 0 Å². The summed E-state index contributed by atoms with van der Waals surface area (Å²) in [5.41, 5.74) is 0.239. The van der Waals surface area contributed by atoms with Crippen LogP contribution in [0.25, 0.3) is 0 Å². The molecule has 0 spiro atoms. The Balaban J connectivity index is 2.15. The fourth-order valence-corrected chi connectivity index (χ4v) is 2.94. The molecule has 0 atom stereocenters. The Morgan fingerprint density at radius 3 is 2.59 bits per heavy atom. The average molecular weight is 326 g/mol. The molecule has 2 rings (SSSR count). The van der Waals surface area contributed by atoms with E-state index in [2.05, 4.69) is 16.9 Å². The summed E-state index contributed by atoms with van der Waals surface area (Å²) in [6.07, 6.45) is 4.05. The first-order chi connectivity index (χ1) is 10.4. The lowest BCUT2D eigenvalue weighted by Gasteiger charge is -2.40. The molecule has 1 aromatic heterocycles. The monoisotopic (exact) mass is 325 g/mol. The van der Waals surface area contributed by atoms with Crippen LogP contribution in [0.3, 0.4) is 0 Å². The van der Waals surface area contributed by atoms with Crippen molar-refractivity contribution in [3.05, 3.63) is 22.7 Å². The van der Waals surface area contributed by atoms with E-state index in [4.69, 9.17) is 11.6 Å². The topological polar surface area (TPSA) is 66.3 Å². The minimum Gasteiger partial charge on any atom is -0.396 e. The molecule has 0 radical (unpaired) electrons. The van der Waals surface area contributed by atoms with E-state index in [1.165, 1.54) is 6.20 Å². The quantitative estimate of drug-likeness (QED) is 0.924. The van der Waals surface area contributed by atoms with E-state index in [1.807, 2.05) is 13.8 Å². The van der Waals surface area contributed by atoms with Gasteiger partial charge in [0.2, 0.25) is 0 Å². The van der Waals surface area contributed by atoms with Gasteiger partial charge in [-0.3, -0.25) is 4.79 Å². The molecule has 6 heteroatoms. The molecular formula is C16H24ClN3O2. The van der Waals surface area contributed by atoms with Gasteiger partial charge in [-0.05, 0) is 24.7 Å². The number of hydrogen-bond acceptors (Lipinski definition) is 4. The van der Waals surface area contributed by atoms with Crippen molar-refractivity contribution in [2.45, 2.75) is 46.0 Å². The molecule has 0 aromatic carbocycles. The Bertz CT molecular complexity index is 534. The van der Waals surface area contributed by atoms with Crippen LogP contribution in [0.1, 0.15) is 62.3 Å². The summed E-state index contributed by atoms with van der Waals surface area (Å²) in [6, 6.07) is 0. The highest BCUT2D eigenvalue weighted by atomic mass is 35.5. The van der Waals surface area contributed by atoms with Crippen molar-refractivity contribution in [1.82, 2.24) is 14.9 Å². The molecule has 1 fully saturated rings. The molecule has 22 heavy (non-hydrogen) atoms. The fourth-order valence-electron chi connectivity index (χ4n) is 2.77.